The third-order valence-electron chi connectivity index (χ3n) is 5.33. The predicted molar refractivity (Wildman–Crippen MR) is 105 cm³/mol. The molecule has 29 heavy (non-hydrogen) atoms. The number of hydrogen-bond donors (Lipinski definition) is 1. The fourth-order valence-electron chi connectivity index (χ4n) is 4.18. The van der Waals surface area contributed by atoms with Crippen molar-refractivity contribution < 1.29 is 17.9 Å². The molecular formula is C21H21F3N4O. The molecule has 4 rings (SSSR count). The summed E-state index contributed by atoms with van der Waals surface area (Å²) in [5.41, 5.74) is 8.10. The monoisotopic (exact) mass is 402 g/mol. The Kier molecular flexibility index (Phi) is 4.94. The number of hydrazone groups is 2. The topological polar surface area (TPSA) is 49.2 Å². The van der Waals surface area contributed by atoms with Crippen LogP contribution in [0.1, 0.15) is 34.7 Å². The van der Waals surface area contributed by atoms with Crippen molar-refractivity contribution in [3.05, 3.63) is 64.7 Å². The SMILES string of the molecule is CN/N=C/c1ccc2c(c1)CCC1C2=NN(C)C1c1ccc(OC(F)(F)F)cc1. The first-order valence-corrected chi connectivity index (χ1v) is 9.36. The zero-order valence-corrected chi connectivity index (χ0v) is 16.1. The van der Waals surface area contributed by atoms with Gasteiger partial charge in [-0.2, -0.15) is 10.2 Å². The van der Waals surface area contributed by atoms with Crippen LogP contribution in [0, 0.1) is 5.92 Å². The van der Waals surface area contributed by atoms with Crippen molar-refractivity contribution in [3.63, 3.8) is 0 Å². The lowest BCUT2D eigenvalue weighted by Crippen LogP contribution is -2.27. The van der Waals surface area contributed by atoms with E-state index >= 15 is 0 Å². The summed E-state index contributed by atoms with van der Waals surface area (Å²) in [5, 5.41) is 10.7. The fourth-order valence-corrected chi connectivity index (χ4v) is 4.18. The number of fused-ring (bicyclic) bond motifs is 3. The molecule has 5 nitrogen and oxygen atoms in total. The molecule has 2 unspecified atom stereocenters. The van der Waals surface area contributed by atoms with Crippen LogP contribution in [0.15, 0.2) is 52.7 Å². The lowest BCUT2D eigenvalue weighted by atomic mass is 9.77. The minimum absolute atomic E-state index is 0.0105. The molecule has 0 spiro atoms. The normalized spacial score (nSPS) is 21.0. The highest BCUT2D eigenvalue weighted by atomic mass is 19.4. The number of nitrogens with one attached hydrogen (secondary N) is 1. The molecule has 1 aliphatic carbocycles. The Hall–Kier alpha value is -3.03. The Morgan fingerprint density at radius 1 is 1.21 bits per heavy atom. The Labute approximate surface area is 166 Å². The van der Waals surface area contributed by atoms with Crippen LogP contribution in [0.5, 0.6) is 5.75 Å². The van der Waals surface area contributed by atoms with Crippen LogP contribution in [0.4, 0.5) is 13.2 Å². The largest absolute Gasteiger partial charge is 0.573 e. The Morgan fingerprint density at radius 2 is 1.97 bits per heavy atom. The molecule has 152 valence electrons. The van der Waals surface area contributed by atoms with E-state index in [9.17, 15) is 13.2 Å². The van der Waals surface area contributed by atoms with E-state index in [4.69, 9.17) is 5.10 Å². The summed E-state index contributed by atoms with van der Waals surface area (Å²) in [5.74, 6) is -0.0218. The first-order chi connectivity index (χ1) is 13.9. The first-order valence-electron chi connectivity index (χ1n) is 9.36. The second-order valence-corrected chi connectivity index (χ2v) is 7.16. The molecule has 1 N–H and O–H groups in total. The van der Waals surface area contributed by atoms with Gasteiger partial charge in [0, 0.05) is 25.6 Å². The van der Waals surface area contributed by atoms with Crippen molar-refractivity contribution in [2.45, 2.75) is 25.2 Å². The van der Waals surface area contributed by atoms with Crippen molar-refractivity contribution in [2.24, 2.45) is 16.1 Å². The first kappa shape index (κ1) is 19.3. The van der Waals surface area contributed by atoms with Crippen molar-refractivity contribution in [1.29, 1.82) is 0 Å². The van der Waals surface area contributed by atoms with Gasteiger partial charge in [0.05, 0.1) is 18.0 Å². The summed E-state index contributed by atoms with van der Waals surface area (Å²) in [4.78, 5) is 0. The van der Waals surface area contributed by atoms with E-state index in [1.54, 1.807) is 25.4 Å². The minimum atomic E-state index is -4.69. The van der Waals surface area contributed by atoms with Crippen LogP contribution < -0.4 is 10.2 Å². The van der Waals surface area contributed by atoms with Crippen molar-refractivity contribution in [1.82, 2.24) is 10.4 Å². The van der Waals surface area contributed by atoms with Gasteiger partial charge in [0.2, 0.25) is 0 Å². The van der Waals surface area contributed by atoms with Gasteiger partial charge in [-0.25, -0.2) is 0 Å². The molecule has 0 saturated carbocycles. The third kappa shape index (κ3) is 3.92. The number of alkyl halides is 3. The van der Waals surface area contributed by atoms with Crippen molar-refractivity contribution in [2.75, 3.05) is 14.1 Å². The average molecular weight is 402 g/mol. The molecule has 8 heteroatoms. The van der Waals surface area contributed by atoms with E-state index in [2.05, 4.69) is 27.4 Å². The van der Waals surface area contributed by atoms with Gasteiger partial charge in [-0.05, 0) is 47.7 Å². The maximum absolute atomic E-state index is 12.4. The van der Waals surface area contributed by atoms with Crippen LogP contribution in [0.25, 0.3) is 0 Å². The standard InChI is InChI=1S/C21H21F3N4O/c1-25-26-12-13-3-9-17-15(11-13)6-10-18-19(17)27-28(2)20(18)14-4-7-16(8-5-14)29-21(22,23)24/h3-5,7-9,11-12,18,20,25H,6,10H2,1-2H3/b26-12+. The quantitative estimate of drug-likeness (QED) is 0.619. The van der Waals surface area contributed by atoms with Crippen LogP contribution in [0.2, 0.25) is 0 Å². The van der Waals surface area contributed by atoms with Gasteiger partial charge in [0.25, 0.3) is 0 Å². The molecule has 2 aromatic rings. The number of benzene rings is 2. The minimum Gasteiger partial charge on any atom is -0.406 e. The van der Waals surface area contributed by atoms with Crippen LogP contribution in [-0.2, 0) is 6.42 Å². The smallest absolute Gasteiger partial charge is 0.406 e. The maximum atomic E-state index is 12.4. The summed E-state index contributed by atoms with van der Waals surface area (Å²) in [7, 11) is 3.66. The highest BCUT2D eigenvalue weighted by Gasteiger charge is 2.40. The summed E-state index contributed by atoms with van der Waals surface area (Å²) in [6, 6.07) is 12.3. The Balaban J connectivity index is 1.58. The van der Waals surface area contributed by atoms with Gasteiger partial charge in [-0.15, -0.1) is 13.2 Å². The average Bonchev–Trinajstić information content (AvgIpc) is 3.02. The van der Waals surface area contributed by atoms with Gasteiger partial charge in [0.15, 0.2) is 0 Å². The summed E-state index contributed by atoms with van der Waals surface area (Å²) < 4.78 is 41.2. The molecule has 2 aromatic carbocycles. The van der Waals surface area contributed by atoms with Gasteiger partial charge >= 0.3 is 6.36 Å². The van der Waals surface area contributed by atoms with Crippen LogP contribution >= 0.6 is 0 Å². The van der Waals surface area contributed by atoms with E-state index in [1.165, 1.54) is 17.7 Å². The van der Waals surface area contributed by atoms with E-state index in [1.807, 2.05) is 18.1 Å². The highest BCUT2D eigenvalue weighted by Crippen LogP contribution is 2.43. The number of aryl methyl sites for hydroxylation is 1. The van der Waals surface area contributed by atoms with Crippen LogP contribution in [0.3, 0.4) is 0 Å². The summed E-state index contributed by atoms with van der Waals surface area (Å²) in [6.07, 6.45) is -1.07. The zero-order valence-electron chi connectivity index (χ0n) is 16.1. The third-order valence-corrected chi connectivity index (χ3v) is 5.33. The lowest BCUT2D eigenvalue weighted by Gasteiger charge is -2.29. The van der Waals surface area contributed by atoms with Gasteiger partial charge in [-0.1, -0.05) is 24.3 Å². The molecule has 1 aliphatic heterocycles. The summed E-state index contributed by atoms with van der Waals surface area (Å²) >= 11 is 0. The van der Waals surface area contributed by atoms with Crippen LogP contribution in [-0.4, -0.2) is 37.4 Å². The molecule has 0 amide bonds. The molecular weight excluding hydrogens is 381 g/mol. The van der Waals surface area contributed by atoms with E-state index in [0.717, 1.165) is 35.2 Å². The van der Waals surface area contributed by atoms with E-state index in [-0.39, 0.29) is 17.7 Å². The second kappa shape index (κ2) is 7.42. The fraction of sp³-hybridized carbons (Fsp3) is 0.333. The molecule has 1 heterocycles. The van der Waals surface area contributed by atoms with Gasteiger partial charge < -0.3 is 10.2 Å². The number of rotatable bonds is 4. The molecule has 0 radical (unpaired) electrons. The molecule has 0 aromatic heterocycles. The van der Waals surface area contributed by atoms with E-state index < -0.39 is 6.36 Å². The molecule has 0 saturated heterocycles. The number of nitrogens with zero attached hydrogens (tertiary/aromatic N) is 3. The van der Waals surface area contributed by atoms with Crippen molar-refractivity contribution >= 4 is 11.9 Å². The Morgan fingerprint density at radius 3 is 2.66 bits per heavy atom. The molecule has 0 fully saturated rings. The second-order valence-electron chi connectivity index (χ2n) is 7.16. The molecule has 0 bridgehead atoms. The van der Waals surface area contributed by atoms with Gasteiger partial charge in [-0.3, -0.25) is 5.01 Å². The zero-order chi connectivity index (χ0) is 20.6. The van der Waals surface area contributed by atoms with E-state index in [0.29, 0.717) is 0 Å². The Bertz CT molecular complexity index is 953. The van der Waals surface area contributed by atoms with Gasteiger partial charge in [0.1, 0.15) is 5.75 Å². The number of hydrogen-bond acceptors (Lipinski definition) is 5. The highest BCUT2D eigenvalue weighted by molar-refractivity contribution is 6.06. The predicted octanol–water partition coefficient (Wildman–Crippen LogP) is 4.09. The lowest BCUT2D eigenvalue weighted by molar-refractivity contribution is -0.274. The van der Waals surface area contributed by atoms with Crippen molar-refractivity contribution in [3.8, 4) is 5.75 Å². The molecule has 2 atom stereocenters. The summed E-state index contributed by atoms with van der Waals surface area (Å²) in [6.45, 7) is 0. The number of ether oxygens (including phenoxy) is 1. The number of halogens is 3. The maximum Gasteiger partial charge on any atom is 0.573 e. The molecule has 2 aliphatic rings.